The number of piperidine rings is 1. The lowest BCUT2D eigenvalue weighted by molar-refractivity contribution is 0.0908. The maximum Gasteiger partial charge on any atom is 0.327 e. The monoisotopic (exact) mass is 427 g/mol. The molecule has 1 aromatic heterocycles. The van der Waals surface area contributed by atoms with Crippen LogP contribution in [-0.2, 0) is 0 Å². The first kappa shape index (κ1) is 20.6. The van der Waals surface area contributed by atoms with Crippen LogP contribution >= 0.6 is 0 Å². The lowest BCUT2D eigenvalue weighted by Gasteiger charge is -2.54. The van der Waals surface area contributed by atoms with Crippen molar-refractivity contribution in [3.8, 4) is 11.8 Å². The van der Waals surface area contributed by atoms with Crippen molar-refractivity contribution in [3.05, 3.63) is 60.4 Å². The van der Waals surface area contributed by atoms with Crippen LogP contribution in [0.15, 0.2) is 54.9 Å². The van der Waals surface area contributed by atoms with Crippen LogP contribution in [0.25, 0.3) is 11.0 Å². The minimum atomic E-state index is -0.165. The second-order valence-electron chi connectivity index (χ2n) is 9.07. The zero-order valence-corrected chi connectivity index (χ0v) is 18.6. The van der Waals surface area contributed by atoms with Crippen LogP contribution < -0.4 is 10.2 Å². The number of likely N-dealkylation sites (tertiary alicyclic amines) is 1. The number of anilines is 1. The van der Waals surface area contributed by atoms with Gasteiger partial charge in [0, 0.05) is 37.0 Å². The molecule has 0 saturated carbocycles. The number of imidazole rings is 1. The number of amides is 1. The molecule has 1 spiro atoms. The molecule has 0 atom stereocenters. The van der Waals surface area contributed by atoms with E-state index in [0.29, 0.717) is 18.4 Å². The van der Waals surface area contributed by atoms with E-state index in [9.17, 15) is 4.79 Å². The molecular formula is C26H29N5O. The molecule has 2 aliphatic rings. The third-order valence-electron chi connectivity index (χ3n) is 6.75. The Morgan fingerprint density at radius 3 is 2.66 bits per heavy atom. The first-order chi connectivity index (χ1) is 15.6. The number of hydrogen-bond acceptors (Lipinski definition) is 4. The van der Waals surface area contributed by atoms with Crippen molar-refractivity contribution in [3.63, 3.8) is 0 Å². The molecule has 5 rings (SSSR count). The molecule has 1 amide bonds. The molecule has 2 aliphatic heterocycles. The van der Waals surface area contributed by atoms with E-state index in [1.165, 1.54) is 25.9 Å². The third kappa shape index (κ3) is 4.09. The quantitative estimate of drug-likeness (QED) is 0.513. The summed E-state index contributed by atoms with van der Waals surface area (Å²) in [6.45, 7) is 5.03. The number of hydrogen-bond donors (Lipinski definition) is 1. The van der Waals surface area contributed by atoms with Gasteiger partial charge < -0.3 is 15.1 Å². The number of para-hydroxylation sites is 1. The van der Waals surface area contributed by atoms with Gasteiger partial charge in [0.2, 0.25) is 0 Å². The summed E-state index contributed by atoms with van der Waals surface area (Å²) in [6.07, 6.45) is 4.76. The highest BCUT2D eigenvalue weighted by Crippen LogP contribution is 2.43. The SMILES string of the molecule is CN1CCC2(CC1)CN(c1cccc3c1ncn3C(=O)NCCC#Cc1ccccc1)C2. The molecule has 0 bridgehead atoms. The van der Waals surface area contributed by atoms with Gasteiger partial charge in [-0.3, -0.25) is 4.57 Å². The summed E-state index contributed by atoms with van der Waals surface area (Å²) in [5.41, 5.74) is 4.32. The highest BCUT2D eigenvalue weighted by atomic mass is 16.2. The van der Waals surface area contributed by atoms with Crippen molar-refractivity contribution in [1.29, 1.82) is 0 Å². The van der Waals surface area contributed by atoms with Crippen LogP contribution in [0, 0.1) is 17.3 Å². The summed E-state index contributed by atoms with van der Waals surface area (Å²) >= 11 is 0. The number of rotatable bonds is 3. The highest BCUT2D eigenvalue weighted by Gasteiger charge is 2.44. The second-order valence-corrected chi connectivity index (χ2v) is 9.07. The molecule has 164 valence electrons. The minimum absolute atomic E-state index is 0.165. The van der Waals surface area contributed by atoms with Gasteiger partial charge in [-0.05, 0) is 57.2 Å². The van der Waals surface area contributed by atoms with Crippen molar-refractivity contribution >= 4 is 22.8 Å². The van der Waals surface area contributed by atoms with Crippen LogP contribution in [0.5, 0.6) is 0 Å². The summed E-state index contributed by atoms with van der Waals surface area (Å²) in [5.74, 6) is 6.22. The zero-order chi connectivity index (χ0) is 22.0. The summed E-state index contributed by atoms with van der Waals surface area (Å²) in [5, 5.41) is 2.95. The van der Waals surface area contributed by atoms with Crippen LogP contribution in [0.2, 0.25) is 0 Å². The summed E-state index contributed by atoms with van der Waals surface area (Å²) in [4.78, 5) is 22.2. The van der Waals surface area contributed by atoms with Crippen molar-refractivity contribution < 1.29 is 4.79 Å². The van der Waals surface area contributed by atoms with Gasteiger partial charge in [-0.15, -0.1) is 0 Å². The molecule has 32 heavy (non-hydrogen) atoms. The van der Waals surface area contributed by atoms with Gasteiger partial charge in [-0.2, -0.15) is 0 Å². The number of aromatic nitrogens is 2. The van der Waals surface area contributed by atoms with Gasteiger partial charge >= 0.3 is 6.03 Å². The smallest absolute Gasteiger partial charge is 0.327 e. The summed E-state index contributed by atoms with van der Waals surface area (Å²) < 4.78 is 1.61. The Morgan fingerprint density at radius 2 is 1.88 bits per heavy atom. The predicted octanol–water partition coefficient (Wildman–Crippen LogP) is 3.57. The second kappa shape index (κ2) is 8.68. The van der Waals surface area contributed by atoms with Crippen molar-refractivity contribution in [2.45, 2.75) is 19.3 Å². The Hall–Kier alpha value is -3.30. The predicted molar refractivity (Wildman–Crippen MR) is 128 cm³/mol. The zero-order valence-electron chi connectivity index (χ0n) is 18.6. The number of nitrogens with zero attached hydrogens (tertiary/aromatic N) is 4. The van der Waals surface area contributed by atoms with Crippen LogP contribution in [-0.4, -0.2) is 60.3 Å². The number of benzene rings is 2. The van der Waals surface area contributed by atoms with Crippen LogP contribution in [0.3, 0.4) is 0 Å². The van der Waals surface area contributed by atoms with E-state index in [1.807, 2.05) is 42.5 Å². The standard InChI is InChI=1S/C26H29N5O/c1-29-16-13-26(14-17-29)18-30(19-26)22-11-7-12-23-24(22)28-20-31(23)25(32)27-15-6-5-10-21-8-3-2-4-9-21/h2-4,7-9,11-12,20H,6,13-19H2,1H3,(H,27,32). The molecule has 6 heteroatoms. The van der Waals surface area contributed by atoms with Gasteiger partial charge in [-0.25, -0.2) is 9.78 Å². The molecule has 1 N–H and O–H groups in total. The van der Waals surface area contributed by atoms with Gasteiger partial charge in [-0.1, -0.05) is 36.1 Å². The van der Waals surface area contributed by atoms with Gasteiger partial charge in [0.1, 0.15) is 11.8 Å². The average Bonchev–Trinajstić information content (AvgIpc) is 3.23. The van der Waals surface area contributed by atoms with Crippen LogP contribution in [0.1, 0.15) is 24.8 Å². The normalized spacial score (nSPS) is 17.6. The topological polar surface area (TPSA) is 53.4 Å². The van der Waals surface area contributed by atoms with Gasteiger partial charge in [0.15, 0.2) is 0 Å². The fraction of sp³-hybridized carbons (Fsp3) is 0.385. The van der Waals surface area contributed by atoms with Gasteiger partial charge in [0.05, 0.1) is 11.2 Å². The Bertz CT molecular complexity index is 1160. The number of carbonyl (C=O) groups is 1. The Morgan fingerprint density at radius 1 is 1.09 bits per heavy atom. The first-order valence-electron chi connectivity index (χ1n) is 11.4. The lowest BCUT2D eigenvalue weighted by Crippen LogP contribution is -2.60. The fourth-order valence-corrected chi connectivity index (χ4v) is 4.79. The molecule has 2 saturated heterocycles. The van der Waals surface area contributed by atoms with E-state index in [-0.39, 0.29) is 6.03 Å². The van der Waals surface area contributed by atoms with Crippen LogP contribution in [0.4, 0.5) is 10.5 Å². The summed E-state index contributed by atoms with van der Waals surface area (Å²) in [6, 6.07) is 15.8. The van der Waals surface area contributed by atoms with E-state index >= 15 is 0 Å². The average molecular weight is 428 g/mol. The molecule has 2 aromatic carbocycles. The minimum Gasteiger partial charge on any atom is -0.368 e. The molecule has 0 radical (unpaired) electrons. The highest BCUT2D eigenvalue weighted by molar-refractivity contribution is 5.95. The van der Waals surface area contributed by atoms with E-state index in [0.717, 1.165) is 35.4 Å². The molecule has 0 aliphatic carbocycles. The third-order valence-corrected chi connectivity index (χ3v) is 6.75. The van der Waals surface area contributed by atoms with Crippen molar-refractivity contribution in [1.82, 2.24) is 19.8 Å². The van der Waals surface area contributed by atoms with E-state index < -0.39 is 0 Å². The molecule has 3 heterocycles. The maximum absolute atomic E-state index is 12.7. The molecule has 3 aromatic rings. The largest absolute Gasteiger partial charge is 0.368 e. The number of fused-ring (bicyclic) bond motifs is 1. The Kier molecular flexibility index (Phi) is 5.59. The maximum atomic E-state index is 12.7. The van der Waals surface area contributed by atoms with Crippen molar-refractivity contribution in [2.24, 2.45) is 5.41 Å². The van der Waals surface area contributed by atoms with E-state index in [4.69, 9.17) is 0 Å². The Labute approximate surface area is 189 Å². The molecule has 2 fully saturated rings. The van der Waals surface area contributed by atoms with E-state index in [1.54, 1.807) is 10.9 Å². The van der Waals surface area contributed by atoms with Crippen molar-refractivity contribution in [2.75, 3.05) is 44.7 Å². The lowest BCUT2D eigenvalue weighted by atomic mass is 9.72. The fourth-order valence-electron chi connectivity index (χ4n) is 4.79. The number of carbonyl (C=O) groups excluding carboxylic acids is 1. The molecule has 6 nitrogen and oxygen atoms in total. The first-order valence-corrected chi connectivity index (χ1v) is 11.4. The number of nitrogens with one attached hydrogen (secondary N) is 1. The summed E-state index contributed by atoms with van der Waals surface area (Å²) in [7, 11) is 2.21. The van der Waals surface area contributed by atoms with Gasteiger partial charge in [0.25, 0.3) is 0 Å². The van der Waals surface area contributed by atoms with E-state index in [2.05, 4.69) is 45.1 Å². The molecule has 0 unspecified atom stereocenters. The molecular weight excluding hydrogens is 398 g/mol. The Balaban J connectivity index is 1.21.